The zero-order valence-corrected chi connectivity index (χ0v) is 15.3. The molecule has 0 fully saturated rings. The van der Waals surface area contributed by atoms with Gasteiger partial charge in [0.05, 0.1) is 0 Å². The van der Waals surface area contributed by atoms with Gasteiger partial charge in [0.2, 0.25) is 5.52 Å². The van der Waals surface area contributed by atoms with E-state index >= 15 is 0 Å². The maximum atomic E-state index is 12.0. The molecule has 5 heteroatoms. The lowest BCUT2D eigenvalue weighted by molar-refractivity contribution is -0.112. The van der Waals surface area contributed by atoms with E-state index in [4.69, 9.17) is 5.50 Å². The topological polar surface area (TPSA) is 80.4 Å². The lowest BCUT2D eigenvalue weighted by atomic mass is 9.83. The number of benzene rings is 1. The van der Waals surface area contributed by atoms with Gasteiger partial charge in [-0.25, -0.2) is 0 Å². The molecule has 0 aliphatic rings. The van der Waals surface area contributed by atoms with Crippen LogP contribution in [-0.2, 0) is 15.8 Å². The first-order valence-electron chi connectivity index (χ1n) is 7.76. The van der Waals surface area contributed by atoms with E-state index in [9.17, 15) is 14.3 Å². The third-order valence-electron chi connectivity index (χ3n) is 3.94. The summed E-state index contributed by atoms with van der Waals surface area (Å²) < 4.78 is 11.4. The van der Waals surface area contributed by atoms with E-state index < -0.39 is 13.0 Å². The minimum Gasteiger partial charge on any atom is -0.328 e. The summed E-state index contributed by atoms with van der Waals surface area (Å²) in [5.41, 5.74) is 8.55. The maximum Gasteiger partial charge on any atom is 0.329 e. The van der Waals surface area contributed by atoms with Gasteiger partial charge in [-0.15, -0.1) is 0 Å². The molecule has 0 amide bonds. The van der Waals surface area contributed by atoms with Crippen LogP contribution in [0, 0.1) is 0 Å². The highest BCUT2D eigenvalue weighted by Crippen LogP contribution is 2.37. The highest BCUT2D eigenvalue weighted by atomic mass is 31.2. The van der Waals surface area contributed by atoms with Gasteiger partial charge in [-0.05, 0) is 40.0 Å². The van der Waals surface area contributed by atoms with Gasteiger partial charge in [0, 0.05) is 6.42 Å². The second kappa shape index (κ2) is 7.08. The quantitative estimate of drug-likeness (QED) is 0.765. The van der Waals surface area contributed by atoms with Crippen molar-refractivity contribution < 1.29 is 14.3 Å². The molecule has 1 aromatic carbocycles. The van der Waals surface area contributed by atoms with Gasteiger partial charge in [-0.2, -0.15) is 0 Å². The third kappa shape index (κ3) is 4.52. The Kier molecular flexibility index (Phi) is 6.14. The van der Waals surface area contributed by atoms with E-state index in [0.29, 0.717) is 5.92 Å². The Morgan fingerprint density at radius 3 is 1.73 bits per heavy atom. The summed E-state index contributed by atoms with van der Waals surface area (Å²) in [6.07, 6.45) is -0.0797. The van der Waals surface area contributed by atoms with Crippen molar-refractivity contribution in [1.82, 2.24) is 0 Å². The molecule has 22 heavy (non-hydrogen) atoms. The highest BCUT2D eigenvalue weighted by molar-refractivity contribution is 7.73. The van der Waals surface area contributed by atoms with Crippen molar-refractivity contribution in [3.05, 3.63) is 34.4 Å². The van der Waals surface area contributed by atoms with E-state index in [1.165, 1.54) is 5.56 Å². The molecule has 0 bridgehead atoms. The number of nitrogens with two attached hydrogens (primary N) is 1. The molecule has 0 aliphatic heterocycles. The van der Waals surface area contributed by atoms with Crippen molar-refractivity contribution in [2.75, 3.05) is 0 Å². The second-order valence-electron chi connectivity index (χ2n) is 6.84. The third-order valence-corrected chi connectivity index (χ3v) is 4.81. The zero-order chi connectivity index (χ0) is 17.2. The fourth-order valence-corrected chi connectivity index (χ4v) is 2.96. The van der Waals surface area contributed by atoms with Gasteiger partial charge in [-0.1, -0.05) is 53.7 Å². The summed E-state index contributed by atoms with van der Waals surface area (Å²) in [6, 6.07) is 4.23. The van der Waals surface area contributed by atoms with Crippen LogP contribution in [0.5, 0.6) is 0 Å². The van der Waals surface area contributed by atoms with Gasteiger partial charge in [0.15, 0.2) is 0 Å². The molecule has 0 heterocycles. The molecule has 0 aliphatic carbocycles. The lowest BCUT2D eigenvalue weighted by Crippen LogP contribution is -2.14. The van der Waals surface area contributed by atoms with Crippen LogP contribution in [0.2, 0.25) is 0 Å². The molecule has 0 saturated heterocycles. The van der Waals surface area contributed by atoms with Crippen LogP contribution in [0.3, 0.4) is 0 Å². The number of carbonyl (C=O) groups excluding carboxylic acids is 1. The monoisotopic (exact) mass is 325 g/mol. The fraction of sp³-hybridized carbons (Fsp3) is 0.588. The standard InChI is InChI=1S/C17H28NO3P/c1-10(2)13-7-14(11(3)4)16(15(8-13)12(5)6)9-17(19)22(18,20)21/h7-8,10-12H,9H2,1-6H3,(H3,18,20,21). The molecule has 0 aromatic heterocycles. The van der Waals surface area contributed by atoms with Crippen LogP contribution in [0.25, 0.3) is 0 Å². The predicted octanol–water partition coefficient (Wildman–Crippen LogP) is 4.27. The Bertz CT molecular complexity index is 571. The van der Waals surface area contributed by atoms with E-state index in [0.717, 1.165) is 16.7 Å². The molecule has 124 valence electrons. The molecule has 1 atom stereocenters. The van der Waals surface area contributed by atoms with E-state index in [1.807, 2.05) is 0 Å². The van der Waals surface area contributed by atoms with Crippen molar-refractivity contribution in [1.29, 1.82) is 0 Å². The Balaban J connectivity index is 3.52. The SMILES string of the molecule is CC(C)c1cc(C(C)C)c(CC(=O)P(N)(=O)O)c(C(C)C)c1. The van der Waals surface area contributed by atoms with Crippen molar-refractivity contribution in [2.45, 2.75) is 65.7 Å². The zero-order valence-electron chi connectivity index (χ0n) is 14.4. The molecule has 4 nitrogen and oxygen atoms in total. The van der Waals surface area contributed by atoms with Crippen LogP contribution in [0.1, 0.15) is 81.5 Å². The Hall–Kier alpha value is -0.960. The van der Waals surface area contributed by atoms with Gasteiger partial charge in [-0.3, -0.25) is 14.9 Å². The molecule has 1 unspecified atom stereocenters. The van der Waals surface area contributed by atoms with Gasteiger partial charge >= 0.3 is 7.52 Å². The largest absolute Gasteiger partial charge is 0.329 e. The summed E-state index contributed by atoms with van der Waals surface area (Å²) in [5, 5.41) is 0. The summed E-state index contributed by atoms with van der Waals surface area (Å²) in [7, 11) is -4.19. The Morgan fingerprint density at radius 2 is 1.45 bits per heavy atom. The highest BCUT2D eigenvalue weighted by Gasteiger charge is 2.27. The molecular formula is C17H28NO3P. The first kappa shape index (κ1) is 19.1. The van der Waals surface area contributed by atoms with E-state index in [-0.39, 0.29) is 18.3 Å². The average Bonchev–Trinajstić information content (AvgIpc) is 2.36. The van der Waals surface area contributed by atoms with Gasteiger partial charge in [0.25, 0.3) is 0 Å². The lowest BCUT2D eigenvalue weighted by Gasteiger charge is -2.22. The minimum absolute atomic E-state index is 0.0797. The van der Waals surface area contributed by atoms with Crippen LogP contribution in [0.15, 0.2) is 12.1 Å². The second-order valence-corrected chi connectivity index (χ2v) is 8.58. The van der Waals surface area contributed by atoms with Crippen LogP contribution in [-0.4, -0.2) is 10.4 Å². The number of hydrogen-bond acceptors (Lipinski definition) is 2. The van der Waals surface area contributed by atoms with Crippen LogP contribution >= 0.6 is 7.52 Å². The van der Waals surface area contributed by atoms with Gasteiger partial charge < -0.3 is 4.89 Å². The number of hydrogen-bond donors (Lipinski definition) is 2. The molecule has 1 aromatic rings. The van der Waals surface area contributed by atoms with Crippen molar-refractivity contribution in [3.8, 4) is 0 Å². The molecule has 1 rings (SSSR count). The van der Waals surface area contributed by atoms with Crippen LogP contribution < -0.4 is 5.50 Å². The molecule has 3 N–H and O–H groups in total. The molecule has 0 radical (unpaired) electrons. The molecule has 0 spiro atoms. The van der Waals surface area contributed by atoms with Crippen molar-refractivity contribution >= 4 is 13.0 Å². The smallest absolute Gasteiger partial charge is 0.328 e. The molecule has 0 saturated carbocycles. The van der Waals surface area contributed by atoms with E-state index in [1.54, 1.807) is 0 Å². The Labute approximate surface area is 133 Å². The Morgan fingerprint density at radius 1 is 1.05 bits per heavy atom. The predicted molar refractivity (Wildman–Crippen MR) is 91.4 cm³/mol. The van der Waals surface area contributed by atoms with Crippen molar-refractivity contribution in [3.63, 3.8) is 0 Å². The maximum absolute atomic E-state index is 12.0. The summed E-state index contributed by atoms with van der Waals surface area (Å²) >= 11 is 0. The summed E-state index contributed by atoms with van der Waals surface area (Å²) in [5.74, 6) is 0.850. The fourth-order valence-electron chi connectivity index (χ4n) is 2.57. The van der Waals surface area contributed by atoms with Gasteiger partial charge in [0.1, 0.15) is 0 Å². The molecular weight excluding hydrogens is 297 g/mol. The summed E-state index contributed by atoms with van der Waals surface area (Å²) in [4.78, 5) is 21.3. The van der Waals surface area contributed by atoms with Crippen molar-refractivity contribution in [2.24, 2.45) is 5.50 Å². The number of rotatable bonds is 6. The average molecular weight is 325 g/mol. The normalized spacial score (nSPS) is 14.7. The first-order valence-corrected chi connectivity index (χ1v) is 9.49. The minimum atomic E-state index is -4.19. The van der Waals surface area contributed by atoms with E-state index in [2.05, 4.69) is 53.7 Å². The first-order chi connectivity index (χ1) is 9.95. The number of carbonyl (C=O) groups is 1. The summed E-state index contributed by atoms with van der Waals surface area (Å²) in [6.45, 7) is 12.5. The van der Waals surface area contributed by atoms with Crippen LogP contribution in [0.4, 0.5) is 0 Å².